The molecular formula is C29H30N2O9. The maximum Gasteiger partial charge on any atom is 0.255 e. The van der Waals surface area contributed by atoms with Gasteiger partial charge in [0, 0.05) is 17.1 Å². The van der Waals surface area contributed by atoms with Crippen LogP contribution in [0.25, 0.3) is 16.9 Å². The Hall–Kier alpha value is -4.19. The molecule has 0 bridgehead atoms. The van der Waals surface area contributed by atoms with E-state index in [0.29, 0.717) is 22.4 Å². The Morgan fingerprint density at radius 1 is 1.05 bits per heavy atom. The minimum atomic E-state index is -2.95. The summed E-state index contributed by atoms with van der Waals surface area (Å²) in [5.74, 6) is -8.59. The number of likely N-dealkylation sites (N-methyl/N-ethyl adjacent to an activating group) is 1. The van der Waals surface area contributed by atoms with Gasteiger partial charge in [0.15, 0.2) is 11.4 Å². The zero-order valence-corrected chi connectivity index (χ0v) is 22.2. The Bertz CT molecular complexity index is 1520. The molecule has 0 aliphatic heterocycles. The summed E-state index contributed by atoms with van der Waals surface area (Å²) in [6.07, 6.45) is -1.64. The van der Waals surface area contributed by atoms with Crippen molar-refractivity contribution in [3.8, 4) is 22.6 Å². The van der Waals surface area contributed by atoms with E-state index in [9.17, 15) is 39.9 Å². The standard InChI is InChI=1S/C29H30N2O9/c1-11-14-9-10-15(12-5-7-13(40-4)8-6-12)22(32)17(14)23(33)18-16(11)24(34)20-21(31(2)3)25(35)19(28(30)38)27(37)29(20,39)26(18)36/h5-11,16,20-21,24,32-34,37,39H,1-4H3,(H2,30,38)/t11?,16?,20?,21-,24?,29?/m0/s1. The van der Waals surface area contributed by atoms with Crippen LogP contribution in [0.4, 0.5) is 0 Å². The second-order valence-corrected chi connectivity index (χ2v) is 10.7. The Morgan fingerprint density at radius 3 is 2.23 bits per heavy atom. The van der Waals surface area contributed by atoms with E-state index < -0.39 is 75.6 Å². The van der Waals surface area contributed by atoms with Gasteiger partial charge in [-0.05, 0) is 43.3 Å². The number of ketones is 2. The van der Waals surface area contributed by atoms with Gasteiger partial charge in [-0.25, -0.2) is 0 Å². The minimum absolute atomic E-state index is 0.0655. The van der Waals surface area contributed by atoms with Crippen molar-refractivity contribution in [2.24, 2.45) is 17.6 Å². The lowest BCUT2D eigenvalue weighted by atomic mass is 9.54. The largest absolute Gasteiger partial charge is 0.508 e. The van der Waals surface area contributed by atoms with Crippen LogP contribution >= 0.6 is 0 Å². The van der Waals surface area contributed by atoms with Crippen molar-refractivity contribution in [3.05, 3.63) is 64.4 Å². The monoisotopic (exact) mass is 550 g/mol. The number of amides is 1. The Kier molecular flexibility index (Phi) is 6.29. The highest BCUT2D eigenvalue weighted by Crippen LogP contribution is 2.56. The van der Waals surface area contributed by atoms with Crippen molar-refractivity contribution in [1.29, 1.82) is 0 Å². The zero-order chi connectivity index (χ0) is 29.4. The van der Waals surface area contributed by atoms with Crippen LogP contribution in [0, 0.1) is 11.8 Å². The van der Waals surface area contributed by atoms with Gasteiger partial charge in [0.1, 0.15) is 28.6 Å². The van der Waals surface area contributed by atoms with Gasteiger partial charge in [0.25, 0.3) is 5.91 Å². The van der Waals surface area contributed by atoms with Gasteiger partial charge in [-0.15, -0.1) is 0 Å². The SMILES string of the molecule is COc1ccc(-c2ccc3c(c2O)C(O)=C2C(=O)C4(O)C(O)=C(C(N)=O)C(=O)[C@@H](N(C)C)C4C(O)C2C3C)cc1. The molecule has 1 fully saturated rings. The molecule has 3 aliphatic rings. The fourth-order valence-corrected chi connectivity index (χ4v) is 6.62. The molecule has 11 heteroatoms. The Morgan fingerprint density at radius 2 is 1.68 bits per heavy atom. The first-order chi connectivity index (χ1) is 18.8. The average molecular weight is 551 g/mol. The number of benzene rings is 2. The number of methoxy groups -OCH3 is 1. The molecule has 0 spiro atoms. The molecule has 0 aromatic heterocycles. The van der Waals surface area contributed by atoms with E-state index in [1.807, 2.05) is 0 Å². The molecule has 6 atom stereocenters. The molecule has 0 radical (unpaired) electrons. The first-order valence-electron chi connectivity index (χ1n) is 12.6. The average Bonchev–Trinajstić information content (AvgIpc) is 2.90. The third kappa shape index (κ3) is 3.44. The summed E-state index contributed by atoms with van der Waals surface area (Å²) >= 11 is 0. The van der Waals surface area contributed by atoms with Crippen LogP contribution in [0.2, 0.25) is 0 Å². The number of phenolic OH excluding ortho intramolecular Hbond substituents is 1. The second-order valence-electron chi connectivity index (χ2n) is 10.7. The smallest absolute Gasteiger partial charge is 0.255 e. The molecule has 3 aliphatic carbocycles. The molecule has 11 nitrogen and oxygen atoms in total. The normalized spacial score (nSPS) is 29.7. The van der Waals surface area contributed by atoms with Gasteiger partial charge in [-0.2, -0.15) is 0 Å². The predicted molar refractivity (Wildman–Crippen MR) is 142 cm³/mol. The Balaban J connectivity index is 1.76. The van der Waals surface area contributed by atoms with Crippen LogP contribution in [-0.2, 0) is 14.4 Å². The summed E-state index contributed by atoms with van der Waals surface area (Å²) in [6.45, 7) is 1.68. The maximum atomic E-state index is 14.1. The molecule has 0 heterocycles. The number of nitrogens with zero attached hydrogens (tertiary/aromatic N) is 1. The first kappa shape index (κ1) is 27.4. The summed E-state index contributed by atoms with van der Waals surface area (Å²) in [5.41, 5.74) is 2.30. The maximum absolute atomic E-state index is 14.1. The number of hydrogen-bond acceptors (Lipinski definition) is 10. The van der Waals surface area contributed by atoms with E-state index in [1.165, 1.54) is 26.1 Å². The number of aromatic hydroxyl groups is 1. The summed E-state index contributed by atoms with van der Waals surface area (Å²) in [4.78, 5) is 40.8. The van der Waals surface area contributed by atoms with E-state index in [1.54, 1.807) is 43.3 Å². The lowest BCUT2D eigenvalue weighted by Crippen LogP contribution is -2.70. The third-order valence-corrected chi connectivity index (χ3v) is 8.53. The van der Waals surface area contributed by atoms with Crippen LogP contribution in [-0.4, -0.2) is 86.9 Å². The summed E-state index contributed by atoms with van der Waals surface area (Å²) < 4.78 is 5.18. The van der Waals surface area contributed by atoms with Crippen LogP contribution in [0.15, 0.2) is 53.3 Å². The van der Waals surface area contributed by atoms with Gasteiger partial charge in [-0.1, -0.05) is 31.2 Å². The number of carbonyl (C=O) groups is 3. The van der Waals surface area contributed by atoms with Gasteiger partial charge >= 0.3 is 0 Å². The molecule has 210 valence electrons. The topological polar surface area (TPSA) is 191 Å². The molecule has 5 unspecified atom stereocenters. The number of rotatable bonds is 4. The van der Waals surface area contributed by atoms with Crippen LogP contribution < -0.4 is 10.5 Å². The minimum Gasteiger partial charge on any atom is -0.508 e. The van der Waals surface area contributed by atoms with Crippen molar-refractivity contribution < 1.29 is 44.7 Å². The van der Waals surface area contributed by atoms with Gasteiger partial charge in [-0.3, -0.25) is 19.3 Å². The quantitative estimate of drug-likeness (QED) is 0.301. The van der Waals surface area contributed by atoms with E-state index in [2.05, 4.69) is 0 Å². The number of primary amides is 1. The van der Waals surface area contributed by atoms with E-state index in [-0.39, 0.29) is 11.3 Å². The number of hydrogen-bond donors (Lipinski definition) is 6. The number of nitrogens with two attached hydrogens (primary N) is 1. The summed E-state index contributed by atoms with van der Waals surface area (Å²) in [7, 11) is 4.44. The lowest BCUT2D eigenvalue weighted by Gasteiger charge is -2.53. The van der Waals surface area contributed by atoms with E-state index in [0.717, 1.165) is 0 Å². The Labute approximate surface area is 229 Å². The third-order valence-electron chi connectivity index (χ3n) is 8.53. The number of phenols is 1. The number of fused-ring (bicyclic) bond motifs is 3. The fourth-order valence-electron chi connectivity index (χ4n) is 6.62. The molecule has 1 saturated carbocycles. The zero-order valence-electron chi connectivity index (χ0n) is 22.2. The van der Waals surface area contributed by atoms with Crippen molar-refractivity contribution in [3.63, 3.8) is 0 Å². The molecular weight excluding hydrogens is 520 g/mol. The molecule has 1 amide bonds. The lowest BCUT2D eigenvalue weighted by molar-refractivity contribution is -0.169. The number of aliphatic hydroxyl groups excluding tert-OH is 3. The predicted octanol–water partition coefficient (Wildman–Crippen LogP) is 1.17. The van der Waals surface area contributed by atoms with Crippen LogP contribution in [0.5, 0.6) is 11.5 Å². The van der Waals surface area contributed by atoms with Gasteiger partial charge < -0.3 is 36.0 Å². The molecule has 2 aromatic carbocycles. The van der Waals surface area contributed by atoms with Gasteiger partial charge in [0.2, 0.25) is 5.78 Å². The second kappa shape index (κ2) is 9.19. The molecule has 0 saturated heterocycles. The number of aliphatic hydroxyl groups is 4. The van der Waals surface area contributed by atoms with Gasteiger partial charge in [0.05, 0.1) is 30.7 Å². The van der Waals surface area contributed by atoms with E-state index >= 15 is 0 Å². The first-order valence-corrected chi connectivity index (χ1v) is 12.6. The fraction of sp³-hybridized carbons (Fsp3) is 0.345. The number of carbonyl (C=O) groups excluding carboxylic acids is 3. The summed E-state index contributed by atoms with van der Waals surface area (Å²) in [6, 6.07) is 8.72. The number of ether oxygens (including phenoxy) is 1. The van der Waals surface area contributed by atoms with E-state index in [4.69, 9.17) is 10.5 Å². The highest BCUT2D eigenvalue weighted by Gasteiger charge is 2.68. The summed E-state index contributed by atoms with van der Waals surface area (Å²) in [5, 5.41) is 57.2. The highest BCUT2D eigenvalue weighted by atomic mass is 16.5. The van der Waals surface area contributed by atoms with Crippen molar-refractivity contribution in [2.45, 2.75) is 30.6 Å². The number of Topliss-reactive ketones (excluding diaryl/α,β-unsaturated/α-hetero) is 2. The molecule has 2 aromatic rings. The van der Waals surface area contributed by atoms with Crippen molar-refractivity contribution in [2.75, 3.05) is 21.2 Å². The molecule has 40 heavy (non-hydrogen) atoms. The molecule has 7 N–H and O–H groups in total. The molecule has 5 rings (SSSR count). The van der Waals surface area contributed by atoms with Crippen molar-refractivity contribution >= 4 is 23.2 Å². The highest BCUT2D eigenvalue weighted by molar-refractivity contribution is 6.24. The van der Waals surface area contributed by atoms with Crippen LogP contribution in [0.1, 0.15) is 24.0 Å². The van der Waals surface area contributed by atoms with Crippen molar-refractivity contribution in [1.82, 2.24) is 4.90 Å². The van der Waals surface area contributed by atoms with Crippen LogP contribution in [0.3, 0.4) is 0 Å².